The molecule has 1 unspecified atom stereocenters. The molecule has 0 aromatic heterocycles. The second kappa shape index (κ2) is 8.51. The van der Waals surface area contributed by atoms with Gasteiger partial charge in [0.2, 0.25) is 0 Å². The summed E-state index contributed by atoms with van der Waals surface area (Å²) in [7, 11) is -0.584. The van der Waals surface area contributed by atoms with Gasteiger partial charge in [-0.05, 0) is 18.2 Å². The topological polar surface area (TPSA) is 86.0 Å². The fraction of sp³-hybridized carbons (Fsp3) is 0.533. The number of benzene rings is 1. The summed E-state index contributed by atoms with van der Waals surface area (Å²) in [5.74, 6) is 0.416. The molecule has 2 aliphatic heterocycles. The predicted molar refractivity (Wildman–Crippen MR) is 91.6 cm³/mol. The van der Waals surface area contributed by atoms with E-state index < -0.39 is 27.7 Å². The number of halogens is 1. The summed E-state index contributed by atoms with van der Waals surface area (Å²) in [6.07, 6.45) is -1.03. The van der Waals surface area contributed by atoms with E-state index in [0.29, 0.717) is 36.0 Å². The number of carbonyl (C=O) groups excluding carboxylic acids is 1. The van der Waals surface area contributed by atoms with Crippen LogP contribution in [0.25, 0.3) is 5.73 Å². The van der Waals surface area contributed by atoms with Crippen LogP contribution in [0.2, 0.25) is 0 Å². The number of nitrogens with zero attached hydrogens (tertiary/aromatic N) is 3. The maximum Gasteiger partial charge on any atom is 0.414 e. The van der Waals surface area contributed by atoms with E-state index in [1.54, 1.807) is 19.2 Å². The van der Waals surface area contributed by atoms with Crippen molar-refractivity contribution in [2.45, 2.75) is 6.10 Å². The number of hydrogen-bond acceptors (Lipinski definition) is 5. The molecule has 135 valence electrons. The molecule has 3 rings (SSSR count). The summed E-state index contributed by atoms with van der Waals surface area (Å²) in [6.45, 7) is 1.21. The zero-order chi connectivity index (χ0) is 17.3. The third kappa shape index (κ3) is 4.46. The van der Waals surface area contributed by atoms with E-state index in [9.17, 15) is 13.4 Å². The van der Waals surface area contributed by atoms with Crippen molar-refractivity contribution in [3.63, 3.8) is 0 Å². The van der Waals surface area contributed by atoms with Gasteiger partial charge in [-0.15, -0.1) is 6.54 Å². The molecular weight excluding hydrogens is 562 g/mol. The summed E-state index contributed by atoms with van der Waals surface area (Å²) in [6, 6.07) is 4.60. The number of hydrogen-bond donors (Lipinski definition) is 0. The second-order valence-corrected chi connectivity index (χ2v) is 8.53. The molecule has 2 heterocycles. The number of rotatable bonds is 3. The Kier molecular flexibility index (Phi) is 7.10. The Morgan fingerprint density at radius 2 is 2.08 bits per heavy atom. The Bertz CT molecular complexity index is 755. The molecule has 1 aromatic rings. The molecule has 7 nitrogen and oxygen atoms in total. The van der Waals surface area contributed by atoms with Crippen molar-refractivity contribution in [3.8, 4) is 0 Å². The summed E-state index contributed by atoms with van der Waals surface area (Å²) in [5, 5.41) is 0. The van der Waals surface area contributed by atoms with Gasteiger partial charge in [0, 0.05) is 85.4 Å². The van der Waals surface area contributed by atoms with Gasteiger partial charge in [0.1, 0.15) is 11.9 Å². The van der Waals surface area contributed by atoms with E-state index >= 15 is 0 Å². The largest absolute Gasteiger partial charge is 0.674 e. The molecule has 1 N–H and O–H groups in total. The zero-order valence-electron chi connectivity index (χ0n) is 14.0. The van der Waals surface area contributed by atoms with Crippen LogP contribution in [0, 0.1) is 49.9 Å². The maximum atomic E-state index is 14.5. The molecule has 1 radical (unpaired) electrons. The molecule has 1 aromatic carbocycles. The first kappa shape index (κ1) is 20.9. The molecule has 2 saturated heterocycles. The molecule has 2 fully saturated rings. The third-order valence-corrected chi connectivity index (χ3v) is 6.68. The molecule has 1 atom stereocenters. The third-order valence-electron chi connectivity index (χ3n) is 4.38. The van der Waals surface area contributed by atoms with Gasteiger partial charge in [-0.2, -0.15) is 0 Å². The molecule has 0 bridgehead atoms. The van der Waals surface area contributed by atoms with E-state index in [0.717, 1.165) is 0 Å². The minimum atomic E-state index is -2.15. The molecule has 2 aliphatic rings. The molecule has 0 saturated carbocycles. The van der Waals surface area contributed by atoms with Crippen LogP contribution in [0.5, 0.6) is 0 Å². The number of carbonyl (C=O) groups is 1. The number of amides is 1. The van der Waals surface area contributed by atoms with Crippen LogP contribution in [0.4, 0.5) is 20.6 Å². The molecule has 0 spiro atoms. The maximum absolute atomic E-state index is 14.5. The van der Waals surface area contributed by atoms with Crippen LogP contribution in [0.1, 0.15) is 0 Å². The predicted octanol–water partition coefficient (Wildman–Crippen LogP) is 2.12. The van der Waals surface area contributed by atoms with E-state index in [1.807, 2.05) is 4.90 Å². The van der Waals surface area contributed by atoms with Crippen LogP contribution in [0.3, 0.4) is 0 Å². The van der Waals surface area contributed by atoms with Crippen LogP contribution >= 0.6 is 0 Å². The first-order chi connectivity index (χ1) is 11.5. The van der Waals surface area contributed by atoms with Crippen molar-refractivity contribution < 1.29 is 62.2 Å². The van der Waals surface area contributed by atoms with Crippen molar-refractivity contribution in [2.24, 2.45) is 4.36 Å². The van der Waals surface area contributed by atoms with Gasteiger partial charge in [-0.3, -0.25) is 4.90 Å². The second-order valence-electron chi connectivity index (χ2n) is 5.81. The van der Waals surface area contributed by atoms with Gasteiger partial charge >= 0.3 is 6.09 Å². The summed E-state index contributed by atoms with van der Waals surface area (Å²) in [5.41, 5.74) is 8.13. The molecule has 1 amide bonds. The van der Waals surface area contributed by atoms with E-state index in [4.69, 9.17) is 10.5 Å². The van der Waals surface area contributed by atoms with Crippen molar-refractivity contribution in [3.05, 3.63) is 29.7 Å². The Morgan fingerprint density at radius 3 is 2.60 bits per heavy atom. The number of ether oxygens (including phenoxy) is 1. The summed E-state index contributed by atoms with van der Waals surface area (Å²) in [4.78, 5) is 15.0. The van der Waals surface area contributed by atoms with Crippen molar-refractivity contribution >= 4 is 27.2 Å². The van der Waals surface area contributed by atoms with Crippen LogP contribution < -0.4 is 9.80 Å². The fourth-order valence-electron chi connectivity index (χ4n) is 2.90. The Hall–Kier alpha value is -0.428. The van der Waals surface area contributed by atoms with Gasteiger partial charge in [-0.25, -0.2) is 17.8 Å². The quantitative estimate of drug-likeness (QED) is 0.547. The molecular formula is C15H20AcFN4O3S-. The van der Waals surface area contributed by atoms with Crippen LogP contribution in [-0.2, 0) is 14.5 Å². The number of anilines is 2. The van der Waals surface area contributed by atoms with Gasteiger partial charge in [0.25, 0.3) is 0 Å². The van der Waals surface area contributed by atoms with Gasteiger partial charge in [-0.1, -0.05) is 0 Å². The summed E-state index contributed by atoms with van der Waals surface area (Å²) < 4.78 is 35.7. The van der Waals surface area contributed by atoms with E-state index in [1.165, 1.54) is 11.0 Å². The Balaban J connectivity index is 0.00000225. The molecule has 25 heavy (non-hydrogen) atoms. The van der Waals surface area contributed by atoms with E-state index in [-0.39, 0.29) is 57.2 Å². The van der Waals surface area contributed by atoms with Crippen molar-refractivity contribution in [1.82, 2.24) is 0 Å². The average molecular weight is 582 g/mol. The van der Waals surface area contributed by atoms with Crippen molar-refractivity contribution in [2.75, 3.05) is 54.5 Å². The summed E-state index contributed by atoms with van der Waals surface area (Å²) >= 11 is 0. The van der Waals surface area contributed by atoms with Crippen molar-refractivity contribution in [1.29, 1.82) is 0 Å². The first-order valence-electron chi connectivity index (χ1n) is 7.73. The minimum absolute atomic E-state index is 0. The van der Waals surface area contributed by atoms with Gasteiger partial charge < -0.3 is 15.4 Å². The number of cyclic esters (lactones) is 1. The Labute approximate surface area is 182 Å². The molecule has 10 heteroatoms. The smallest absolute Gasteiger partial charge is 0.414 e. The normalized spacial score (nSPS) is 22.4. The standard InChI is InChI=1S/C15H20FN4O3S.Ac/c1-18-24(22)6-4-19(5-7-24)14-3-2-11(8-13(14)16)20-10-12(9-17)23-15(20)21;/h2-3,8,12,17H,4-7,9-10H2,1H3;/q-1;. The monoisotopic (exact) mass is 582 g/mol. The van der Waals surface area contributed by atoms with Crippen LogP contribution in [0.15, 0.2) is 22.6 Å². The zero-order valence-corrected chi connectivity index (χ0v) is 19.5. The van der Waals surface area contributed by atoms with Gasteiger partial charge in [0.15, 0.2) is 0 Å². The first-order valence-corrected chi connectivity index (χ1v) is 9.59. The minimum Gasteiger partial charge on any atom is -0.674 e. The average Bonchev–Trinajstić information content (AvgIpc) is 2.97. The van der Waals surface area contributed by atoms with E-state index in [2.05, 4.69) is 4.36 Å². The van der Waals surface area contributed by atoms with Gasteiger partial charge in [0.05, 0.1) is 17.9 Å². The number of nitrogens with one attached hydrogen (secondary N) is 1. The Morgan fingerprint density at radius 1 is 1.40 bits per heavy atom. The SMILES string of the molecule is CN=S1(=O)CCN(c2ccc(N3CC(C[NH-])OC3=O)cc2F)CC1.[Ac]. The fourth-order valence-corrected chi connectivity index (χ4v) is 4.48. The van der Waals surface area contributed by atoms with Crippen LogP contribution in [-0.4, -0.2) is 61.1 Å². The molecule has 0 aliphatic carbocycles.